The second-order valence-corrected chi connectivity index (χ2v) is 11.4. The fourth-order valence-corrected chi connectivity index (χ4v) is 6.18. The molecule has 6 rings (SSSR count). The molecular formula is C33H30ClN3O4S. The number of nitrogens with zero attached hydrogens (tertiary/aromatic N) is 3. The highest BCUT2D eigenvalue weighted by molar-refractivity contribution is 8.18. The summed E-state index contributed by atoms with van der Waals surface area (Å²) in [5, 5.41) is 3.34. The van der Waals surface area contributed by atoms with Crippen molar-refractivity contribution >= 4 is 62.7 Å². The Hall–Kier alpha value is -3.98. The van der Waals surface area contributed by atoms with Crippen LogP contribution in [-0.4, -0.2) is 56.4 Å². The van der Waals surface area contributed by atoms with Gasteiger partial charge >= 0.3 is 0 Å². The van der Waals surface area contributed by atoms with Crippen LogP contribution in [0.15, 0.2) is 88.8 Å². The summed E-state index contributed by atoms with van der Waals surface area (Å²) in [5.41, 5.74) is 3.68. The third-order valence-corrected chi connectivity index (χ3v) is 8.54. The molecule has 1 amide bonds. The fraction of sp³-hybridized carbons (Fsp3) is 0.212. The number of hydrogen-bond donors (Lipinski definition) is 0. The molecule has 0 unspecified atom stereocenters. The van der Waals surface area contributed by atoms with Gasteiger partial charge in [0.15, 0.2) is 16.7 Å². The third-order valence-electron chi connectivity index (χ3n) is 7.20. The number of ether oxygens (including phenoxy) is 3. The number of carbonyl (C=O) groups is 1. The molecule has 4 aromatic rings. The maximum atomic E-state index is 13.1. The van der Waals surface area contributed by atoms with E-state index in [0.717, 1.165) is 54.2 Å². The van der Waals surface area contributed by atoms with Crippen LogP contribution in [0.1, 0.15) is 11.1 Å². The highest BCUT2D eigenvalue weighted by atomic mass is 35.5. The Morgan fingerprint density at radius 1 is 1.00 bits per heavy atom. The molecule has 2 heterocycles. The Morgan fingerprint density at radius 2 is 1.76 bits per heavy atom. The van der Waals surface area contributed by atoms with Crippen molar-refractivity contribution in [2.24, 2.45) is 4.99 Å². The van der Waals surface area contributed by atoms with Crippen LogP contribution in [0, 0.1) is 0 Å². The van der Waals surface area contributed by atoms with Gasteiger partial charge in [0.2, 0.25) is 0 Å². The van der Waals surface area contributed by atoms with Gasteiger partial charge in [0.05, 0.1) is 35.9 Å². The van der Waals surface area contributed by atoms with E-state index in [1.807, 2.05) is 36.4 Å². The summed E-state index contributed by atoms with van der Waals surface area (Å²) in [6, 6.07) is 26.1. The first-order valence-electron chi connectivity index (χ1n) is 13.7. The van der Waals surface area contributed by atoms with Gasteiger partial charge in [-0.15, -0.1) is 0 Å². The monoisotopic (exact) mass is 599 g/mol. The van der Waals surface area contributed by atoms with Crippen LogP contribution < -0.4 is 14.4 Å². The standard InChI is InChI=1S/C33H30ClN3O4S/c1-36-32(38)30(42-33(36)35-26-9-11-27(12-10-26)37-13-15-40-16-14-37)20-23-18-28(34)31(29(19-23)39-2)41-21-22-7-8-24-5-3-4-6-25(24)17-22/h3-12,17-20H,13-16,21H2,1-2H3/b30-20-,35-33?. The topological polar surface area (TPSA) is 63.6 Å². The van der Waals surface area contributed by atoms with Crippen LogP contribution >= 0.6 is 23.4 Å². The molecule has 4 aromatic carbocycles. The Bertz CT molecular complexity index is 1680. The number of morpholine rings is 1. The first kappa shape index (κ1) is 28.2. The van der Waals surface area contributed by atoms with E-state index >= 15 is 0 Å². The van der Waals surface area contributed by atoms with Crippen molar-refractivity contribution in [2.75, 3.05) is 45.4 Å². The molecule has 0 aliphatic carbocycles. The SMILES string of the molecule is COc1cc(/C=C2\SC(=Nc3ccc(N4CCOCC4)cc3)N(C)C2=O)cc(Cl)c1OCc1ccc2ccccc2c1. The van der Waals surface area contributed by atoms with Crippen molar-refractivity contribution in [3.63, 3.8) is 0 Å². The highest BCUT2D eigenvalue weighted by Gasteiger charge is 2.30. The lowest BCUT2D eigenvalue weighted by atomic mass is 10.1. The minimum Gasteiger partial charge on any atom is -0.493 e. The minimum atomic E-state index is -0.129. The second kappa shape index (κ2) is 12.5. The maximum Gasteiger partial charge on any atom is 0.266 e. The summed E-state index contributed by atoms with van der Waals surface area (Å²) >= 11 is 7.99. The number of benzene rings is 4. The smallest absolute Gasteiger partial charge is 0.266 e. The van der Waals surface area contributed by atoms with Crippen LogP contribution in [0.2, 0.25) is 5.02 Å². The number of hydrogen-bond acceptors (Lipinski definition) is 7. The number of rotatable bonds is 7. The zero-order valence-corrected chi connectivity index (χ0v) is 25.0. The summed E-state index contributed by atoms with van der Waals surface area (Å²) in [6.07, 6.45) is 1.80. The molecule has 0 spiro atoms. The van der Waals surface area contributed by atoms with Crippen molar-refractivity contribution < 1.29 is 19.0 Å². The lowest BCUT2D eigenvalue weighted by Crippen LogP contribution is -2.36. The molecule has 0 saturated carbocycles. The Labute approximate surface area is 254 Å². The van der Waals surface area contributed by atoms with Crippen molar-refractivity contribution in [1.82, 2.24) is 4.90 Å². The molecule has 0 bridgehead atoms. The summed E-state index contributed by atoms with van der Waals surface area (Å²) in [6.45, 7) is 3.57. The average Bonchev–Trinajstić information content (AvgIpc) is 3.28. The van der Waals surface area contributed by atoms with Crippen molar-refractivity contribution in [3.05, 3.63) is 99.9 Å². The van der Waals surface area contributed by atoms with Gasteiger partial charge < -0.3 is 19.1 Å². The van der Waals surface area contributed by atoms with E-state index in [1.165, 1.54) is 17.1 Å². The molecule has 9 heteroatoms. The lowest BCUT2D eigenvalue weighted by molar-refractivity contribution is -0.121. The summed E-state index contributed by atoms with van der Waals surface area (Å²) in [4.78, 5) is 22.2. The average molecular weight is 600 g/mol. The van der Waals surface area contributed by atoms with Crippen molar-refractivity contribution in [2.45, 2.75) is 6.61 Å². The largest absolute Gasteiger partial charge is 0.493 e. The molecule has 0 N–H and O–H groups in total. The van der Waals surface area contributed by atoms with Gasteiger partial charge in [-0.1, -0.05) is 48.0 Å². The van der Waals surface area contributed by atoms with Crippen LogP contribution in [0.3, 0.4) is 0 Å². The Balaban J connectivity index is 1.17. The number of fused-ring (bicyclic) bond motifs is 1. The lowest BCUT2D eigenvalue weighted by Gasteiger charge is -2.28. The molecule has 0 atom stereocenters. The second-order valence-electron chi connectivity index (χ2n) is 9.99. The zero-order chi connectivity index (χ0) is 29.1. The van der Waals surface area contributed by atoms with Crippen LogP contribution in [0.4, 0.5) is 11.4 Å². The van der Waals surface area contributed by atoms with Gasteiger partial charge in [0.25, 0.3) is 5.91 Å². The van der Waals surface area contributed by atoms with Crippen molar-refractivity contribution in [3.8, 4) is 11.5 Å². The van der Waals surface area contributed by atoms with Crippen LogP contribution in [0.25, 0.3) is 16.8 Å². The number of aliphatic imine (C=N–C) groups is 1. The third kappa shape index (κ3) is 6.11. The zero-order valence-electron chi connectivity index (χ0n) is 23.4. The summed E-state index contributed by atoms with van der Waals surface area (Å²) in [7, 11) is 3.30. The predicted octanol–water partition coefficient (Wildman–Crippen LogP) is 7.15. The highest BCUT2D eigenvalue weighted by Crippen LogP contribution is 2.39. The van der Waals surface area contributed by atoms with E-state index in [4.69, 9.17) is 30.8 Å². The van der Waals surface area contributed by atoms with Gasteiger partial charge in [-0.2, -0.15) is 0 Å². The molecule has 42 heavy (non-hydrogen) atoms. The molecule has 0 aromatic heterocycles. The van der Waals surface area contributed by atoms with Crippen LogP contribution in [0.5, 0.6) is 11.5 Å². The predicted molar refractivity (Wildman–Crippen MR) is 171 cm³/mol. The molecule has 2 aliphatic rings. The number of anilines is 1. The number of carbonyl (C=O) groups excluding carboxylic acids is 1. The Kier molecular flexibility index (Phi) is 8.37. The van der Waals surface area contributed by atoms with E-state index in [0.29, 0.717) is 33.2 Å². The van der Waals surface area contributed by atoms with E-state index in [1.54, 1.807) is 31.2 Å². The van der Waals surface area contributed by atoms with Gasteiger partial charge in [-0.25, -0.2) is 4.99 Å². The number of halogens is 1. The molecular weight excluding hydrogens is 570 g/mol. The van der Waals surface area contributed by atoms with Gasteiger partial charge in [-0.05, 0) is 82.2 Å². The molecule has 0 radical (unpaired) electrons. The maximum absolute atomic E-state index is 13.1. The molecule has 2 fully saturated rings. The normalized spacial score (nSPS) is 17.5. The van der Waals surface area contributed by atoms with E-state index in [2.05, 4.69) is 41.3 Å². The molecule has 2 saturated heterocycles. The molecule has 7 nitrogen and oxygen atoms in total. The number of likely N-dealkylation sites (N-methyl/N-ethyl adjacent to an activating group) is 1. The number of amidine groups is 1. The quantitative estimate of drug-likeness (QED) is 0.210. The van der Waals surface area contributed by atoms with Crippen LogP contribution in [-0.2, 0) is 16.1 Å². The van der Waals surface area contributed by atoms with E-state index in [9.17, 15) is 4.79 Å². The first-order chi connectivity index (χ1) is 20.5. The van der Waals surface area contributed by atoms with E-state index in [-0.39, 0.29) is 5.91 Å². The minimum absolute atomic E-state index is 0.129. The number of amides is 1. The number of thioether (sulfide) groups is 1. The Morgan fingerprint density at radius 3 is 2.52 bits per heavy atom. The van der Waals surface area contributed by atoms with Gasteiger partial charge in [0.1, 0.15) is 6.61 Å². The van der Waals surface area contributed by atoms with E-state index < -0.39 is 0 Å². The number of methoxy groups -OCH3 is 1. The summed E-state index contributed by atoms with van der Waals surface area (Å²) < 4.78 is 17.2. The van der Waals surface area contributed by atoms with Crippen molar-refractivity contribution in [1.29, 1.82) is 0 Å². The van der Waals surface area contributed by atoms with Gasteiger partial charge in [0, 0.05) is 25.8 Å². The molecule has 214 valence electrons. The van der Waals surface area contributed by atoms with Gasteiger partial charge in [-0.3, -0.25) is 9.69 Å². The fourth-order valence-electron chi connectivity index (χ4n) is 4.92. The first-order valence-corrected chi connectivity index (χ1v) is 14.8. The summed E-state index contributed by atoms with van der Waals surface area (Å²) in [5.74, 6) is 0.823. The molecule has 2 aliphatic heterocycles.